The summed E-state index contributed by atoms with van der Waals surface area (Å²) < 4.78 is 10.8. The van der Waals surface area contributed by atoms with Crippen LogP contribution >= 0.6 is 0 Å². The quantitative estimate of drug-likeness (QED) is 0.830. The predicted octanol–water partition coefficient (Wildman–Crippen LogP) is 2.72. The van der Waals surface area contributed by atoms with E-state index in [0.29, 0.717) is 23.5 Å². The van der Waals surface area contributed by atoms with Crippen molar-refractivity contribution in [3.05, 3.63) is 24.3 Å². The SMILES string of the molecule is COc1ccccc1OCC(=O)N1CCCC1C(C)C. The van der Waals surface area contributed by atoms with Crippen molar-refractivity contribution >= 4 is 5.91 Å². The van der Waals surface area contributed by atoms with Gasteiger partial charge in [-0.25, -0.2) is 0 Å². The van der Waals surface area contributed by atoms with Gasteiger partial charge in [0, 0.05) is 12.6 Å². The zero-order valence-corrected chi connectivity index (χ0v) is 12.5. The molecule has 1 fully saturated rings. The fourth-order valence-electron chi connectivity index (χ4n) is 2.76. The van der Waals surface area contributed by atoms with Gasteiger partial charge in [-0.15, -0.1) is 0 Å². The minimum atomic E-state index is 0.0621. The lowest BCUT2D eigenvalue weighted by molar-refractivity contribution is -0.134. The van der Waals surface area contributed by atoms with Crippen LogP contribution in [0.3, 0.4) is 0 Å². The first-order valence-electron chi connectivity index (χ1n) is 7.18. The summed E-state index contributed by atoms with van der Waals surface area (Å²) in [6.45, 7) is 5.25. The summed E-state index contributed by atoms with van der Waals surface area (Å²) >= 11 is 0. The van der Waals surface area contributed by atoms with Crippen LogP contribution in [0.4, 0.5) is 0 Å². The first-order valence-corrected chi connectivity index (χ1v) is 7.18. The lowest BCUT2D eigenvalue weighted by Crippen LogP contribution is -2.41. The number of ether oxygens (including phenoxy) is 2. The summed E-state index contributed by atoms with van der Waals surface area (Å²) in [4.78, 5) is 14.3. The van der Waals surface area contributed by atoms with Gasteiger partial charge in [0.2, 0.25) is 0 Å². The number of para-hydroxylation sites is 2. The van der Waals surface area contributed by atoms with Crippen molar-refractivity contribution in [2.24, 2.45) is 5.92 Å². The molecule has 0 N–H and O–H groups in total. The molecule has 1 saturated heterocycles. The Morgan fingerprint density at radius 2 is 2.05 bits per heavy atom. The van der Waals surface area contributed by atoms with Gasteiger partial charge in [-0.3, -0.25) is 4.79 Å². The molecule has 0 spiro atoms. The van der Waals surface area contributed by atoms with Crippen LogP contribution in [0.25, 0.3) is 0 Å². The molecule has 1 aliphatic heterocycles. The average molecular weight is 277 g/mol. The van der Waals surface area contributed by atoms with Crippen LogP contribution < -0.4 is 9.47 Å². The van der Waals surface area contributed by atoms with E-state index in [9.17, 15) is 4.79 Å². The fraction of sp³-hybridized carbons (Fsp3) is 0.562. The molecule has 0 aliphatic carbocycles. The van der Waals surface area contributed by atoms with Crippen molar-refractivity contribution in [2.45, 2.75) is 32.7 Å². The Labute approximate surface area is 120 Å². The summed E-state index contributed by atoms with van der Waals surface area (Å²) in [5.74, 6) is 1.82. The molecular formula is C16H23NO3. The van der Waals surface area contributed by atoms with E-state index in [4.69, 9.17) is 9.47 Å². The van der Waals surface area contributed by atoms with E-state index in [0.717, 1.165) is 19.4 Å². The first kappa shape index (κ1) is 14.7. The lowest BCUT2D eigenvalue weighted by Gasteiger charge is -2.27. The molecule has 110 valence electrons. The molecule has 1 aromatic carbocycles. The van der Waals surface area contributed by atoms with Crippen LogP contribution in [0.1, 0.15) is 26.7 Å². The third-order valence-electron chi connectivity index (χ3n) is 3.81. The van der Waals surface area contributed by atoms with Gasteiger partial charge in [-0.1, -0.05) is 26.0 Å². The van der Waals surface area contributed by atoms with E-state index in [1.54, 1.807) is 7.11 Å². The number of carbonyl (C=O) groups excluding carboxylic acids is 1. The van der Waals surface area contributed by atoms with Gasteiger partial charge in [-0.2, -0.15) is 0 Å². The summed E-state index contributed by atoms with van der Waals surface area (Å²) in [5, 5.41) is 0. The lowest BCUT2D eigenvalue weighted by atomic mass is 10.0. The van der Waals surface area contributed by atoms with Crippen molar-refractivity contribution in [1.29, 1.82) is 0 Å². The minimum absolute atomic E-state index is 0.0621. The van der Waals surface area contributed by atoms with Crippen molar-refractivity contribution in [3.8, 4) is 11.5 Å². The van der Waals surface area contributed by atoms with Gasteiger partial charge >= 0.3 is 0 Å². The molecule has 4 nitrogen and oxygen atoms in total. The molecule has 1 heterocycles. The van der Waals surface area contributed by atoms with E-state index in [1.165, 1.54) is 0 Å². The Morgan fingerprint density at radius 3 is 2.70 bits per heavy atom. The number of nitrogens with zero attached hydrogens (tertiary/aromatic N) is 1. The Balaban J connectivity index is 1.95. The van der Waals surface area contributed by atoms with Gasteiger partial charge in [0.05, 0.1) is 7.11 Å². The van der Waals surface area contributed by atoms with E-state index < -0.39 is 0 Å². The highest BCUT2D eigenvalue weighted by Crippen LogP contribution is 2.27. The zero-order chi connectivity index (χ0) is 14.5. The van der Waals surface area contributed by atoms with E-state index in [-0.39, 0.29) is 12.5 Å². The highest BCUT2D eigenvalue weighted by atomic mass is 16.5. The summed E-state index contributed by atoms with van der Waals surface area (Å²) in [6, 6.07) is 7.74. The van der Waals surface area contributed by atoms with E-state index in [2.05, 4.69) is 13.8 Å². The Kier molecular flexibility index (Phi) is 4.88. The highest BCUT2D eigenvalue weighted by molar-refractivity contribution is 5.78. The minimum Gasteiger partial charge on any atom is -0.493 e. The van der Waals surface area contributed by atoms with Crippen molar-refractivity contribution in [3.63, 3.8) is 0 Å². The van der Waals surface area contributed by atoms with E-state index in [1.807, 2.05) is 29.2 Å². The molecule has 0 saturated carbocycles. The smallest absolute Gasteiger partial charge is 0.260 e. The zero-order valence-electron chi connectivity index (χ0n) is 12.5. The molecule has 1 unspecified atom stereocenters. The third kappa shape index (κ3) is 3.24. The van der Waals surface area contributed by atoms with Crippen molar-refractivity contribution < 1.29 is 14.3 Å². The Hall–Kier alpha value is -1.71. The molecule has 4 heteroatoms. The number of benzene rings is 1. The Morgan fingerprint density at radius 1 is 1.35 bits per heavy atom. The normalized spacial score (nSPS) is 18.4. The highest BCUT2D eigenvalue weighted by Gasteiger charge is 2.30. The topological polar surface area (TPSA) is 38.8 Å². The van der Waals surface area contributed by atoms with Crippen LogP contribution in [-0.4, -0.2) is 37.1 Å². The van der Waals surface area contributed by atoms with Crippen LogP contribution in [-0.2, 0) is 4.79 Å². The van der Waals surface area contributed by atoms with Crippen molar-refractivity contribution in [1.82, 2.24) is 4.90 Å². The first-order chi connectivity index (χ1) is 9.63. The van der Waals surface area contributed by atoms with Gasteiger partial charge in [0.1, 0.15) is 0 Å². The van der Waals surface area contributed by atoms with Gasteiger partial charge < -0.3 is 14.4 Å². The largest absolute Gasteiger partial charge is 0.493 e. The van der Waals surface area contributed by atoms with E-state index >= 15 is 0 Å². The molecule has 1 aromatic rings. The molecule has 2 rings (SSSR count). The third-order valence-corrected chi connectivity index (χ3v) is 3.81. The molecule has 20 heavy (non-hydrogen) atoms. The van der Waals surface area contributed by atoms with Crippen LogP contribution in [0, 0.1) is 5.92 Å². The number of hydrogen-bond acceptors (Lipinski definition) is 3. The Bertz CT molecular complexity index is 459. The maximum absolute atomic E-state index is 12.3. The number of hydrogen-bond donors (Lipinski definition) is 0. The second-order valence-corrected chi connectivity index (χ2v) is 5.48. The maximum atomic E-state index is 12.3. The van der Waals surface area contributed by atoms with Crippen molar-refractivity contribution in [2.75, 3.05) is 20.3 Å². The molecule has 0 aromatic heterocycles. The summed E-state index contributed by atoms with van der Waals surface area (Å²) in [7, 11) is 1.60. The van der Waals surface area contributed by atoms with Crippen LogP contribution in [0.5, 0.6) is 11.5 Å². The second-order valence-electron chi connectivity index (χ2n) is 5.48. The number of carbonyl (C=O) groups is 1. The van der Waals surface area contributed by atoms with Gasteiger partial charge in [0.15, 0.2) is 18.1 Å². The average Bonchev–Trinajstić information content (AvgIpc) is 2.94. The number of likely N-dealkylation sites (tertiary alicyclic amines) is 1. The van der Waals surface area contributed by atoms with Gasteiger partial charge in [-0.05, 0) is 30.9 Å². The van der Waals surface area contributed by atoms with Crippen LogP contribution in [0.2, 0.25) is 0 Å². The standard InChI is InChI=1S/C16H23NO3/c1-12(2)13-7-6-10-17(13)16(18)11-20-15-9-5-4-8-14(15)19-3/h4-5,8-9,12-13H,6-7,10-11H2,1-3H3. The molecule has 1 atom stereocenters. The van der Waals surface area contributed by atoms with Crippen LogP contribution in [0.15, 0.2) is 24.3 Å². The second kappa shape index (κ2) is 6.64. The molecule has 0 radical (unpaired) electrons. The maximum Gasteiger partial charge on any atom is 0.260 e. The molecule has 1 aliphatic rings. The monoisotopic (exact) mass is 277 g/mol. The fourth-order valence-corrected chi connectivity index (χ4v) is 2.76. The molecular weight excluding hydrogens is 254 g/mol. The molecule has 1 amide bonds. The summed E-state index contributed by atoms with van der Waals surface area (Å²) in [5.41, 5.74) is 0. The summed E-state index contributed by atoms with van der Waals surface area (Å²) in [6.07, 6.45) is 2.18. The number of rotatable bonds is 5. The predicted molar refractivity (Wildman–Crippen MR) is 78.1 cm³/mol. The molecule has 0 bridgehead atoms. The van der Waals surface area contributed by atoms with Gasteiger partial charge in [0.25, 0.3) is 5.91 Å². The number of methoxy groups -OCH3 is 1. The number of amides is 1.